The van der Waals surface area contributed by atoms with Crippen molar-refractivity contribution in [2.24, 2.45) is 4.99 Å². The summed E-state index contributed by atoms with van der Waals surface area (Å²) >= 11 is 0. The maximum Gasteiger partial charge on any atom is 0.238 e. The molecular weight excluding hydrogens is 336 g/mol. The number of hydrogen-bond donors (Lipinski definition) is 0. The highest BCUT2D eigenvalue weighted by atomic mass is 16.5. The van der Waals surface area contributed by atoms with Crippen LogP contribution in [-0.4, -0.2) is 24.8 Å². The first-order valence-corrected chi connectivity index (χ1v) is 9.09. The van der Waals surface area contributed by atoms with Gasteiger partial charge in [0.05, 0.1) is 5.41 Å². The van der Waals surface area contributed by atoms with Gasteiger partial charge in [-0.1, -0.05) is 48.5 Å². The number of anilines is 1. The van der Waals surface area contributed by atoms with E-state index in [1.54, 1.807) is 0 Å². The molecule has 1 unspecified atom stereocenters. The third-order valence-corrected chi connectivity index (χ3v) is 6.07. The molecule has 0 bridgehead atoms. The standard InChI is InChI=1S/C23H20N2O2/c1-22(2)17-10-6-7-11-18(17)25(3)23(22)20(14-26)24-21-16-9-5-4-8-15(16)12-13-19(21)27-23/h4-14H,1-3H3. The number of ether oxygens (including phenoxy) is 1. The summed E-state index contributed by atoms with van der Waals surface area (Å²) in [5.41, 5.74) is 1.89. The normalized spacial score (nSPS) is 22.2. The smallest absolute Gasteiger partial charge is 0.238 e. The van der Waals surface area contributed by atoms with Crippen molar-refractivity contribution in [2.45, 2.75) is 25.0 Å². The predicted molar refractivity (Wildman–Crippen MR) is 108 cm³/mol. The Hall–Kier alpha value is -3.14. The van der Waals surface area contributed by atoms with Crippen molar-refractivity contribution >= 4 is 34.1 Å². The van der Waals surface area contributed by atoms with Crippen molar-refractivity contribution in [3.05, 3.63) is 66.2 Å². The van der Waals surface area contributed by atoms with Gasteiger partial charge in [0, 0.05) is 18.1 Å². The van der Waals surface area contributed by atoms with Gasteiger partial charge in [-0.2, -0.15) is 0 Å². The zero-order valence-corrected chi connectivity index (χ0v) is 15.6. The Kier molecular flexibility index (Phi) is 3.09. The van der Waals surface area contributed by atoms with E-state index in [4.69, 9.17) is 9.73 Å². The number of rotatable bonds is 1. The number of nitrogens with zero attached hydrogens (tertiary/aromatic N) is 2. The minimum atomic E-state index is -0.978. The molecule has 1 spiro atoms. The maximum absolute atomic E-state index is 12.2. The molecule has 4 heteroatoms. The van der Waals surface area contributed by atoms with Gasteiger partial charge in [0.25, 0.3) is 0 Å². The van der Waals surface area contributed by atoms with E-state index in [9.17, 15) is 4.79 Å². The second-order valence-electron chi connectivity index (χ2n) is 7.70. The van der Waals surface area contributed by atoms with E-state index in [-0.39, 0.29) is 0 Å². The molecule has 0 radical (unpaired) electrons. The number of fused-ring (bicyclic) bond motifs is 4. The Morgan fingerprint density at radius 3 is 2.52 bits per heavy atom. The molecule has 2 aliphatic rings. The molecule has 2 heterocycles. The van der Waals surface area contributed by atoms with Crippen LogP contribution < -0.4 is 9.64 Å². The lowest BCUT2D eigenvalue weighted by Gasteiger charge is -2.47. The first-order chi connectivity index (χ1) is 13.0. The topological polar surface area (TPSA) is 41.9 Å². The quantitative estimate of drug-likeness (QED) is 0.597. The second-order valence-corrected chi connectivity index (χ2v) is 7.70. The van der Waals surface area contributed by atoms with Crippen LogP contribution in [0.1, 0.15) is 19.4 Å². The summed E-state index contributed by atoms with van der Waals surface area (Å²) in [5, 5.41) is 2.06. The average molecular weight is 356 g/mol. The minimum Gasteiger partial charge on any atom is -0.459 e. The predicted octanol–water partition coefficient (Wildman–Crippen LogP) is 4.63. The van der Waals surface area contributed by atoms with Crippen LogP contribution in [-0.2, 0) is 10.2 Å². The van der Waals surface area contributed by atoms with Crippen LogP contribution in [0.4, 0.5) is 11.4 Å². The number of likely N-dealkylation sites (N-methyl/N-ethyl adjacent to an activating group) is 1. The number of benzene rings is 3. The number of para-hydroxylation sites is 1. The Bertz CT molecular complexity index is 1130. The van der Waals surface area contributed by atoms with Crippen LogP contribution in [0.25, 0.3) is 10.8 Å². The molecule has 1 atom stereocenters. The lowest BCUT2D eigenvalue weighted by molar-refractivity contribution is -0.103. The molecule has 0 N–H and O–H groups in total. The zero-order valence-electron chi connectivity index (χ0n) is 15.6. The molecule has 0 saturated carbocycles. The second kappa shape index (κ2) is 5.19. The van der Waals surface area contributed by atoms with Gasteiger partial charge in [0.2, 0.25) is 5.72 Å². The van der Waals surface area contributed by atoms with Gasteiger partial charge >= 0.3 is 0 Å². The third kappa shape index (κ3) is 1.82. The van der Waals surface area contributed by atoms with Gasteiger partial charge in [0.15, 0.2) is 6.29 Å². The number of carbonyl (C=O) groups is 1. The summed E-state index contributed by atoms with van der Waals surface area (Å²) in [6.07, 6.45) is 0.842. The molecule has 0 amide bonds. The maximum atomic E-state index is 12.2. The highest BCUT2D eigenvalue weighted by molar-refractivity contribution is 6.35. The highest BCUT2D eigenvalue weighted by Crippen LogP contribution is 2.55. The van der Waals surface area contributed by atoms with Gasteiger partial charge in [-0.3, -0.25) is 4.79 Å². The summed E-state index contributed by atoms with van der Waals surface area (Å²) in [4.78, 5) is 19.1. The minimum absolute atomic E-state index is 0.398. The fraction of sp³-hybridized carbons (Fsp3) is 0.217. The van der Waals surface area contributed by atoms with Gasteiger partial charge in [0.1, 0.15) is 17.1 Å². The Balaban J connectivity index is 1.80. The van der Waals surface area contributed by atoms with Crippen LogP contribution in [0.15, 0.2) is 65.7 Å². The van der Waals surface area contributed by atoms with E-state index in [0.717, 1.165) is 34.0 Å². The summed E-state index contributed by atoms with van der Waals surface area (Å²) in [6, 6.07) is 20.2. The van der Waals surface area contributed by atoms with Crippen molar-refractivity contribution in [2.75, 3.05) is 11.9 Å². The number of aldehydes is 1. The molecule has 0 saturated heterocycles. The Morgan fingerprint density at radius 2 is 1.74 bits per heavy atom. The molecule has 27 heavy (non-hydrogen) atoms. The van der Waals surface area contributed by atoms with Gasteiger partial charge in [-0.05, 0) is 36.9 Å². The summed E-state index contributed by atoms with van der Waals surface area (Å²) < 4.78 is 6.67. The summed E-state index contributed by atoms with van der Waals surface area (Å²) in [5.74, 6) is 0.701. The van der Waals surface area contributed by atoms with Crippen LogP contribution in [0.5, 0.6) is 5.75 Å². The fourth-order valence-corrected chi connectivity index (χ4v) is 4.70. The van der Waals surface area contributed by atoms with Crippen LogP contribution in [0.3, 0.4) is 0 Å². The van der Waals surface area contributed by atoms with Gasteiger partial charge in [-0.15, -0.1) is 0 Å². The summed E-state index contributed by atoms with van der Waals surface area (Å²) in [6.45, 7) is 4.22. The van der Waals surface area contributed by atoms with Crippen molar-refractivity contribution in [3.8, 4) is 5.75 Å². The van der Waals surface area contributed by atoms with E-state index >= 15 is 0 Å². The highest BCUT2D eigenvalue weighted by Gasteiger charge is 2.62. The molecule has 3 aromatic rings. The van der Waals surface area contributed by atoms with E-state index in [1.807, 2.05) is 60.5 Å². The van der Waals surface area contributed by atoms with Gasteiger partial charge in [-0.25, -0.2) is 4.99 Å². The first kappa shape index (κ1) is 16.1. The number of carbonyl (C=O) groups excluding carboxylic acids is 1. The van der Waals surface area contributed by atoms with Crippen molar-refractivity contribution < 1.29 is 9.53 Å². The lowest BCUT2D eigenvalue weighted by atomic mass is 9.75. The third-order valence-electron chi connectivity index (χ3n) is 6.07. The monoisotopic (exact) mass is 356 g/mol. The summed E-state index contributed by atoms with van der Waals surface area (Å²) in [7, 11) is 1.97. The molecule has 5 rings (SSSR count). The van der Waals surface area contributed by atoms with Crippen molar-refractivity contribution in [1.29, 1.82) is 0 Å². The molecule has 0 fully saturated rings. The van der Waals surface area contributed by atoms with Crippen molar-refractivity contribution in [1.82, 2.24) is 0 Å². The van der Waals surface area contributed by atoms with Crippen LogP contribution in [0, 0.1) is 0 Å². The number of aliphatic imine (C=N–C) groups is 1. The zero-order chi connectivity index (χ0) is 18.8. The molecule has 134 valence electrons. The first-order valence-electron chi connectivity index (χ1n) is 9.09. The fourth-order valence-electron chi connectivity index (χ4n) is 4.70. The van der Waals surface area contributed by atoms with Crippen molar-refractivity contribution in [3.63, 3.8) is 0 Å². The molecule has 4 nitrogen and oxygen atoms in total. The molecule has 0 aromatic heterocycles. The molecule has 0 aliphatic carbocycles. The van der Waals surface area contributed by atoms with Crippen LogP contribution in [0.2, 0.25) is 0 Å². The Morgan fingerprint density at radius 1 is 1.00 bits per heavy atom. The van der Waals surface area contributed by atoms with E-state index in [2.05, 4.69) is 26.0 Å². The molecule has 3 aromatic carbocycles. The van der Waals surface area contributed by atoms with Crippen LogP contribution >= 0.6 is 0 Å². The molecular formula is C23H20N2O2. The van der Waals surface area contributed by atoms with E-state index in [0.29, 0.717) is 11.5 Å². The average Bonchev–Trinajstić information content (AvgIpc) is 2.86. The number of hydrogen-bond acceptors (Lipinski definition) is 4. The molecule has 2 aliphatic heterocycles. The lowest BCUT2D eigenvalue weighted by Crippen LogP contribution is -2.65. The Labute approximate surface area is 158 Å². The van der Waals surface area contributed by atoms with E-state index in [1.165, 1.54) is 0 Å². The largest absolute Gasteiger partial charge is 0.459 e. The van der Waals surface area contributed by atoms with E-state index < -0.39 is 11.1 Å². The SMILES string of the molecule is CN1c2ccccc2C(C)(C)C12Oc1ccc3ccccc3c1N=C2C=O. The van der Waals surface area contributed by atoms with Gasteiger partial charge < -0.3 is 9.64 Å².